The van der Waals surface area contributed by atoms with Gasteiger partial charge in [-0.25, -0.2) is 4.79 Å². The first-order chi connectivity index (χ1) is 9.99. The predicted molar refractivity (Wildman–Crippen MR) is 87.2 cm³/mol. The number of piperazine rings is 1. The number of nitrogens with one attached hydrogen (secondary N) is 1. The van der Waals surface area contributed by atoms with Gasteiger partial charge in [-0.1, -0.05) is 29.8 Å². The zero-order chi connectivity index (χ0) is 15.4. The Morgan fingerprint density at radius 2 is 2.05 bits per heavy atom. The minimum Gasteiger partial charge on any atom is -0.321 e. The highest BCUT2D eigenvalue weighted by atomic mass is 35.5. The summed E-state index contributed by atoms with van der Waals surface area (Å²) in [6, 6.07) is 4.93. The molecule has 1 aromatic carbocycles. The van der Waals surface area contributed by atoms with Crippen LogP contribution in [0.4, 0.5) is 10.5 Å². The quantitative estimate of drug-likeness (QED) is 0.845. The minimum absolute atomic E-state index is 0.130. The number of carbonyl (C=O) groups excluding carboxylic acids is 1. The molecule has 1 saturated heterocycles. The summed E-state index contributed by atoms with van der Waals surface area (Å²) in [6.07, 6.45) is 1.87. The number of halogens is 2. The van der Waals surface area contributed by atoms with Crippen molar-refractivity contribution in [3.63, 3.8) is 0 Å². The lowest BCUT2D eigenvalue weighted by Gasteiger charge is -2.37. The number of benzene rings is 1. The van der Waals surface area contributed by atoms with Crippen LogP contribution in [0.15, 0.2) is 36.6 Å². The van der Waals surface area contributed by atoms with Crippen LogP contribution in [-0.2, 0) is 0 Å². The number of likely N-dealkylation sites (N-methyl/N-ethyl adjacent to an activating group) is 1. The number of urea groups is 1. The third kappa shape index (κ3) is 4.26. The Hall–Kier alpha value is -1.45. The van der Waals surface area contributed by atoms with Crippen LogP contribution in [-0.4, -0.2) is 48.6 Å². The van der Waals surface area contributed by atoms with E-state index in [0.717, 1.165) is 6.54 Å². The van der Waals surface area contributed by atoms with Crippen LogP contribution in [0.1, 0.15) is 0 Å². The van der Waals surface area contributed by atoms with Gasteiger partial charge in [0.1, 0.15) is 0 Å². The maximum absolute atomic E-state index is 12.3. The van der Waals surface area contributed by atoms with Crippen molar-refractivity contribution in [2.75, 3.05) is 32.0 Å². The van der Waals surface area contributed by atoms with E-state index in [1.807, 2.05) is 13.1 Å². The third-order valence-electron chi connectivity index (χ3n) is 3.41. The van der Waals surface area contributed by atoms with Crippen LogP contribution in [0.25, 0.3) is 0 Å². The molecule has 1 aliphatic rings. The summed E-state index contributed by atoms with van der Waals surface area (Å²) >= 11 is 11.9. The Bertz CT molecular complexity index is 564. The van der Waals surface area contributed by atoms with Crippen molar-refractivity contribution in [1.82, 2.24) is 9.80 Å². The topological polar surface area (TPSA) is 35.6 Å². The molecule has 1 aliphatic heterocycles. The molecular weight excluding hydrogens is 309 g/mol. The van der Waals surface area contributed by atoms with Crippen molar-refractivity contribution < 1.29 is 4.79 Å². The molecule has 1 aromatic rings. The van der Waals surface area contributed by atoms with Gasteiger partial charge in [-0.15, -0.1) is 5.73 Å². The monoisotopic (exact) mass is 325 g/mol. The van der Waals surface area contributed by atoms with E-state index in [0.29, 0.717) is 28.8 Å². The predicted octanol–water partition coefficient (Wildman–Crippen LogP) is 3.48. The Labute approximate surface area is 134 Å². The van der Waals surface area contributed by atoms with Gasteiger partial charge in [0.05, 0.1) is 6.04 Å². The van der Waals surface area contributed by atoms with Gasteiger partial charge in [0.25, 0.3) is 0 Å². The molecule has 1 atom stereocenters. The Morgan fingerprint density at radius 1 is 1.38 bits per heavy atom. The first kappa shape index (κ1) is 15.9. The van der Waals surface area contributed by atoms with Crippen LogP contribution in [0.3, 0.4) is 0 Å². The van der Waals surface area contributed by atoms with Gasteiger partial charge in [-0.05, 0) is 31.3 Å². The summed E-state index contributed by atoms with van der Waals surface area (Å²) in [5.41, 5.74) is 3.37. The molecule has 2 amide bonds. The van der Waals surface area contributed by atoms with Crippen LogP contribution in [0.5, 0.6) is 0 Å². The van der Waals surface area contributed by atoms with E-state index in [4.69, 9.17) is 23.2 Å². The molecule has 0 bridgehead atoms. The summed E-state index contributed by atoms with van der Waals surface area (Å²) in [6.45, 7) is 5.65. The van der Waals surface area contributed by atoms with Crippen molar-refractivity contribution in [3.05, 3.63) is 46.6 Å². The van der Waals surface area contributed by atoms with Gasteiger partial charge in [-0.3, -0.25) is 4.90 Å². The second kappa shape index (κ2) is 7.01. The summed E-state index contributed by atoms with van der Waals surface area (Å²) in [4.78, 5) is 16.2. The van der Waals surface area contributed by atoms with E-state index in [-0.39, 0.29) is 12.1 Å². The second-order valence-electron chi connectivity index (χ2n) is 4.95. The van der Waals surface area contributed by atoms with E-state index < -0.39 is 0 Å². The number of hydrogen-bond donors (Lipinski definition) is 1. The molecule has 1 N–H and O–H groups in total. The number of hydrogen-bond acceptors (Lipinski definition) is 2. The number of rotatable bonds is 2. The highest BCUT2D eigenvalue weighted by Gasteiger charge is 2.25. The average molecular weight is 326 g/mol. The van der Waals surface area contributed by atoms with Crippen LogP contribution in [0.2, 0.25) is 10.0 Å². The summed E-state index contributed by atoms with van der Waals surface area (Å²) in [5.74, 6) is 0. The van der Waals surface area contributed by atoms with Crippen molar-refractivity contribution in [2.45, 2.75) is 6.04 Å². The molecule has 1 unspecified atom stereocenters. The summed E-state index contributed by atoms with van der Waals surface area (Å²) in [5, 5.41) is 3.80. The molecule has 0 spiro atoms. The van der Waals surface area contributed by atoms with Gasteiger partial charge < -0.3 is 10.2 Å². The highest BCUT2D eigenvalue weighted by Crippen LogP contribution is 2.23. The Kier molecular flexibility index (Phi) is 5.32. The molecule has 21 heavy (non-hydrogen) atoms. The van der Waals surface area contributed by atoms with E-state index in [1.165, 1.54) is 0 Å². The number of amides is 2. The molecule has 2 rings (SSSR count). The molecule has 0 aliphatic carbocycles. The smallest absolute Gasteiger partial charge is 0.321 e. The maximum Gasteiger partial charge on any atom is 0.321 e. The van der Waals surface area contributed by atoms with Gasteiger partial charge in [0.2, 0.25) is 0 Å². The Morgan fingerprint density at radius 3 is 2.67 bits per heavy atom. The molecular formula is C15H17Cl2N3O. The molecule has 4 nitrogen and oxygen atoms in total. The van der Waals surface area contributed by atoms with Crippen LogP contribution < -0.4 is 5.32 Å². The van der Waals surface area contributed by atoms with Crippen molar-refractivity contribution in [1.29, 1.82) is 0 Å². The lowest BCUT2D eigenvalue weighted by molar-refractivity contribution is 0.137. The van der Waals surface area contributed by atoms with E-state index in [9.17, 15) is 4.79 Å². The maximum atomic E-state index is 12.3. The number of anilines is 1. The Balaban J connectivity index is 2.04. The average Bonchev–Trinajstić information content (AvgIpc) is 2.40. The first-order valence-corrected chi connectivity index (χ1v) is 7.33. The molecule has 112 valence electrons. The minimum atomic E-state index is -0.163. The summed E-state index contributed by atoms with van der Waals surface area (Å²) < 4.78 is 0. The second-order valence-corrected chi connectivity index (χ2v) is 5.83. The van der Waals surface area contributed by atoms with E-state index in [1.54, 1.807) is 23.1 Å². The molecule has 1 fully saturated rings. The molecule has 0 aromatic heterocycles. The fourth-order valence-corrected chi connectivity index (χ4v) is 2.76. The zero-order valence-corrected chi connectivity index (χ0v) is 13.3. The summed E-state index contributed by atoms with van der Waals surface area (Å²) in [7, 11) is 2.02. The highest BCUT2D eigenvalue weighted by molar-refractivity contribution is 6.35. The lowest BCUT2D eigenvalue weighted by Crippen LogP contribution is -2.53. The van der Waals surface area contributed by atoms with Gasteiger partial charge >= 0.3 is 6.03 Å². The normalized spacial score (nSPS) is 19.0. The molecule has 0 radical (unpaired) electrons. The first-order valence-electron chi connectivity index (χ1n) is 6.58. The van der Waals surface area contributed by atoms with Crippen LogP contribution >= 0.6 is 23.2 Å². The van der Waals surface area contributed by atoms with Gasteiger partial charge in [-0.2, -0.15) is 0 Å². The fourth-order valence-electron chi connectivity index (χ4n) is 2.23. The largest absolute Gasteiger partial charge is 0.321 e. The third-order valence-corrected chi connectivity index (χ3v) is 3.84. The molecule has 0 saturated carbocycles. The van der Waals surface area contributed by atoms with E-state index >= 15 is 0 Å². The zero-order valence-electron chi connectivity index (χ0n) is 11.8. The SMILES string of the molecule is C=C=CC1CN(C(=O)Nc2cc(Cl)cc(Cl)c2)CCN1C. The van der Waals surface area contributed by atoms with Crippen molar-refractivity contribution in [3.8, 4) is 0 Å². The van der Waals surface area contributed by atoms with Gasteiger partial charge in [0.15, 0.2) is 0 Å². The lowest BCUT2D eigenvalue weighted by atomic mass is 10.2. The molecule has 6 heteroatoms. The molecule has 1 heterocycles. The fraction of sp³-hybridized carbons (Fsp3) is 0.333. The van der Waals surface area contributed by atoms with Crippen LogP contribution in [0, 0.1) is 0 Å². The number of carbonyl (C=O) groups is 1. The number of nitrogens with zero attached hydrogens (tertiary/aromatic N) is 2. The van der Waals surface area contributed by atoms with Crippen molar-refractivity contribution in [2.24, 2.45) is 0 Å². The van der Waals surface area contributed by atoms with E-state index in [2.05, 4.69) is 22.5 Å². The van der Waals surface area contributed by atoms with Crippen molar-refractivity contribution >= 4 is 34.9 Å². The standard InChI is InChI=1S/C15H17Cl2N3O/c1-3-4-14-10-20(6-5-19(14)2)15(21)18-13-8-11(16)7-12(17)9-13/h4,7-9,14H,1,5-6,10H2,2H3,(H,18,21). The van der Waals surface area contributed by atoms with Gasteiger partial charge in [0, 0.05) is 35.4 Å².